The molecular formula is C25H22FNO5. The lowest BCUT2D eigenvalue weighted by atomic mass is 9.95. The Bertz CT molecular complexity index is 1170. The van der Waals surface area contributed by atoms with Crippen LogP contribution >= 0.6 is 0 Å². The summed E-state index contributed by atoms with van der Waals surface area (Å²) < 4.78 is 25.7. The van der Waals surface area contributed by atoms with Crippen LogP contribution in [0, 0.1) is 5.82 Å². The first kappa shape index (κ1) is 21.4. The molecule has 1 unspecified atom stereocenters. The van der Waals surface area contributed by atoms with Crippen molar-refractivity contribution in [3.63, 3.8) is 0 Å². The third-order valence-electron chi connectivity index (χ3n) is 5.23. The molecule has 0 aliphatic carbocycles. The average molecular weight is 435 g/mol. The summed E-state index contributed by atoms with van der Waals surface area (Å²) in [6, 6.07) is 14.7. The topological polar surface area (TPSA) is 80.0 Å². The van der Waals surface area contributed by atoms with Crippen LogP contribution in [0.4, 0.5) is 4.39 Å². The molecule has 7 heteroatoms. The number of ether oxygens (including phenoxy) is 1. The molecular weight excluding hydrogens is 413 g/mol. The van der Waals surface area contributed by atoms with E-state index in [9.17, 15) is 19.1 Å². The number of Topliss-reactive ketones (excluding diaryl/α,β-unsaturated/α-hetero) is 1. The van der Waals surface area contributed by atoms with Gasteiger partial charge in [0.15, 0.2) is 0 Å². The first-order valence-corrected chi connectivity index (χ1v) is 10.3. The van der Waals surface area contributed by atoms with E-state index in [0.717, 1.165) is 6.42 Å². The van der Waals surface area contributed by atoms with Gasteiger partial charge in [-0.15, -0.1) is 0 Å². The zero-order valence-corrected chi connectivity index (χ0v) is 17.5. The van der Waals surface area contributed by atoms with Crippen LogP contribution < -0.4 is 4.74 Å². The van der Waals surface area contributed by atoms with Gasteiger partial charge in [-0.25, -0.2) is 4.39 Å². The molecule has 1 amide bonds. The molecule has 2 heterocycles. The van der Waals surface area contributed by atoms with Crippen LogP contribution in [0.5, 0.6) is 5.75 Å². The molecule has 3 aromatic rings. The van der Waals surface area contributed by atoms with Crippen LogP contribution in [0.15, 0.2) is 76.9 Å². The number of rotatable bonds is 7. The van der Waals surface area contributed by atoms with E-state index in [-0.39, 0.29) is 23.4 Å². The fourth-order valence-corrected chi connectivity index (χ4v) is 3.74. The minimum absolute atomic E-state index is 0.0486. The van der Waals surface area contributed by atoms with E-state index in [1.165, 1.54) is 29.4 Å². The third-order valence-corrected chi connectivity index (χ3v) is 5.23. The highest BCUT2D eigenvalue weighted by atomic mass is 19.1. The number of halogens is 1. The predicted octanol–water partition coefficient (Wildman–Crippen LogP) is 4.83. The Morgan fingerprint density at radius 3 is 2.66 bits per heavy atom. The van der Waals surface area contributed by atoms with E-state index in [1.54, 1.807) is 42.5 Å². The molecule has 1 fully saturated rings. The van der Waals surface area contributed by atoms with Crippen molar-refractivity contribution in [3.05, 3.63) is 95.2 Å². The number of hydrogen-bond donors (Lipinski definition) is 1. The second-order valence-corrected chi connectivity index (χ2v) is 7.40. The normalized spacial score (nSPS) is 17.7. The lowest BCUT2D eigenvalue weighted by Gasteiger charge is -2.24. The lowest BCUT2D eigenvalue weighted by Crippen LogP contribution is -2.29. The summed E-state index contributed by atoms with van der Waals surface area (Å²) in [5, 5.41) is 11.1. The first-order chi connectivity index (χ1) is 15.5. The average Bonchev–Trinajstić information content (AvgIpc) is 3.40. The highest BCUT2D eigenvalue weighted by Gasteiger charge is 2.47. The van der Waals surface area contributed by atoms with Gasteiger partial charge in [0.2, 0.25) is 0 Å². The van der Waals surface area contributed by atoms with Crippen LogP contribution in [0.2, 0.25) is 0 Å². The molecule has 1 aliphatic rings. The van der Waals surface area contributed by atoms with Crippen LogP contribution in [-0.2, 0) is 16.1 Å². The summed E-state index contributed by atoms with van der Waals surface area (Å²) in [5.41, 5.74) is 0.230. The van der Waals surface area contributed by atoms with Crippen molar-refractivity contribution in [3.8, 4) is 5.75 Å². The van der Waals surface area contributed by atoms with E-state index in [0.29, 0.717) is 23.7 Å². The molecule has 0 radical (unpaired) electrons. The molecule has 0 bridgehead atoms. The standard InChI is InChI=1S/C25H22FNO5/c1-2-12-31-17-8-5-7-16(14-17)23(28)21-22(19-10-3-4-11-20(19)26)27(25(30)24(21)29)15-18-9-6-13-32-18/h3-11,13-14,22,28H,2,12,15H2,1H3. The summed E-state index contributed by atoms with van der Waals surface area (Å²) in [7, 11) is 0. The number of benzene rings is 2. The predicted molar refractivity (Wildman–Crippen MR) is 115 cm³/mol. The summed E-state index contributed by atoms with van der Waals surface area (Å²) in [6.07, 6.45) is 2.26. The summed E-state index contributed by atoms with van der Waals surface area (Å²) >= 11 is 0. The van der Waals surface area contributed by atoms with E-state index in [2.05, 4.69) is 0 Å². The van der Waals surface area contributed by atoms with Crippen LogP contribution in [-0.4, -0.2) is 28.3 Å². The van der Waals surface area contributed by atoms with Crippen molar-refractivity contribution in [2.24, 2.45) is 0 Å². The number of likely N-dealkylation sites (tertiary alicyclic amines) is 1. The molecule has 1 saturated heterocycles. The van der Waals surface area contributed by atoms with E-state index in [4.69, 9.17) is 9.15 Å². The van der Waals surface area contributed by atoms with Gasteiger partial charge < -0.3 is 19.2 Å². The van der Waals surface area contributed by atoms with E-state index >= 15 is 0 Å². The number of carbonyl (C=O) groups excluding carboxylic acids is 2. The fourth-order valence-electron chi connectivity index (χ4n) is 3.74. The number of furan rings is 1. The Balaban J connectivity index is 1.84. The molecule has 6 nitrogen and oxygen atoms in total. The van der Waals surface area contributed by atoms with Gasteiger partial charge >= 0.3 is 0 Å². The number of aliphatic hydroxyl groups is 1. The Kier molecular flexibility index (Phi) is 6.07. The second-order valence-electron chi connectivity index (χ2n) is 7.40. The van der Waals surface area contributed by atoms with Crippen molar-refractivity contribution in [2.75, 3.05) is 6.61 Å². The van der Waals surface area contributed by atoms with Crippen LogP contribution in [0.3, 0.4) is 0 Å². The monoisotopic (exact) mass is 435 g/mol. The Labute approximate surface area is 184 Å². The van der Waals surface area contributed by atoms with Crippen molar-refractivity contribution in [1.82, 2.24) is 4.90 Å². The first-order valence-electron chi connectivity index (χ1n) is 10.3. The molecule has 1 aromatic heterocycles. The molecule has 32 heavy (non-hydrogen) atoms. The number of amides is 1. The van der Waals surface area contributed by atoms with E-state index in [1.807, 2.05) is 6.92 Å². The number of hydrogen-bond acceptors (Lipinski definition) is 5. The maximum atomic E-state index is 14.8. The Morgan fingerprint density at radius 2 is 1.94 bits per heavy atom. The van der Waals surface area contributed by atoms with Gasteiger partial charge in [0, 0.05) is 11.1 Å². The Morgan fingerprint density at radius 1 is 1.12 bits per heavy atom. The molecule has 0 saturated carbocycles. The minimum atomic E-state index is -1.11. The quantitative estimate of drug-likeness (QED) is 0.327. The zero-order valence-electron chi connectivity index (χ0n) is 17.5. The van der Waals surface area contributed by atoms with Gasteiger partial charge in [0.05, 0.1) is 31.0 Å². The summed E-state index contributed by atoms with van der Waals surface area (Å²) in [4.78, 5) is 27.2. The van der Waals surface area contributed by atoms with Crippen molar-refractivity contribution >= 4 is 17.4 Å². The second kappa shape index (κ2) is 9.09. The SMILES string of the molecule is CCCOc1cccc(C(O)=C2C(=O)C(=O)N(Cc3ccco3)C2c2ccccc2F)c1. The smallest absolute Gasteiger partial charge is 0.296 e. The Hall–Kier alpha value is -3.87. The van der Waals surface area contributed by atoms with Gasteiger partial charge in [0.25, 0.3) is 11.7 Å². The van der Waals surface area contributed by atoms with Crippen molar-refractivity contribution < 1.29 is 28.2 Å². The number of carbonyl (C=O) groups is 2. The highest BCUT2D eigenvalue weighted by Crippen LogP contribution is 2.41. The van der Waals surface area contributed by atoms with Crippen LogP contribution in [0.25, 0.3) is 5.76 Å². The molecule has 2 aromatic carbocycles. The maximum absolute atomic E-state index is 14.8. The van der Waals surface area contributed by atoms with Gasteiger partial charge in [-0.1, -0.05) is 37.3 Å². The maximum Gasteiger partial charge on any atom is 0.296 e. The third kappa shape index (κ3) is 4.01. The van der Waals surface area contributed by atoms with Gasteiger partial charge in [0.1, 0.15) is 23.1 Å². The van der Waals surface area contributed by atoms with Crippen molar-refractivity contribution in [1.29, 1.82) is 0 Å². The summed E-state index contributed by atoms with van der Waals surface area (Å²) in [5.74, 6) is -1.75. The van der Waals surface area contributed by atoms with Gasteiger partial charge in [-0.05, 0) is 36.8 Å². The molecule has 1 atom stereocenters. The molecule has 0 spiro atoms. The molecule has 164 valence electrons. The molecule has 1 aliphatic heterocycles. The largest absolute Gasteiger partial charge is 0.507 e. The van der Waals surface area contributed by atoms with Crippen molar-refractivity contribution in [2.45, 2.75) is 25.9 Å². The van der Waals surface area contributed by atoms with E-state index < -0.39 is 23.5 Å². The number of nitrogens with zero attached hydrogens (tertiary/aromatic N) is 1. The number of ketones is 1. The molecule has 1 N–H and O–H groups in total. The minimum Gasteiger partial charge on any atom is -0.507 e. The van der Waals surface area contributed by atoms with Gasteiger partial charge in [-0.2, -0.15) is 0 Å². The zero-order chi connectivity index (χ0) is 22.7. The fraction of sp³-hybridized carbons (Fsp3) is 0.200. The lowest BCUT2D eigenvalue weighted by molar-refractivity contribution is -0.140. The summed E-state index contributed by atoms with van der Waals surface area (Å²) in [6.45, 7) is 2.42. The molecule has 4 rings (SSSR count). The highest BCUT2D eigenvalue weighted by molar-refractivity contribution is 6.46. The number of aliphatic hydroxyl groups excluding tert-OH is 1. The van der Waals surface area contributed by atoms with Gasteiger partial charge in [-0.3, -0.25) is 9.59 Å². The van der Waals surface area contributed by atoms with Crippen LogP contribution in [0.1, 0.15) is 36.3 Å².